The van der Waals surface area contributed by atoms with E-state index < -0.39 is 0 Å². The molecule has 0 unspecified atom stereocenters. The van der Waals surface area contributed by atoms with Crippen molar-refractivity contribution in [2.75, 3.05) is 12.4 Å². The van der Waals surface area contributed by atoms with Gasteiger partial charge in [0.25, 0.3) is 0 Å². The van der Waals surface area contributed by atoms with E-state index in [9.17, 15) is 0 Å². The molecule has 0 fully saturated rings. The molecule has 0 aliphatic heterocycles. The lowest BCUT2D eigenvalue weighted by Crippen LogP contribution is -1.84. The highest BCUT2D eigenvalue weighted by Crippen LogP contribution is 2.32. The predicted molar refractivity (Wildman–Crippen MR) is 82.6 cm³/mol. The summed E-state index contributed by atoms with van der Waals surface area (Å²) >= 11 is 1.64. The van der Waals surface area contributed by atoms with Crippen molar-refractivity contribution < 1.29 is 0 Å². The summed E-state index contributed by atoms with van der Waals surface area (Å²) in [6.45, 7) is 4.09. The highest BCUT2D eigenvalue weighted by Gasteiger charge is 2.12. The van der Waals surface area contributed by atoms with Crippen LogP contribution in [0.15, 0.2) is 24.5 Å². The summed E-state index contributed by atoms with van der Waals surface area (Å²) in [5, 5.41) is 4.00. The molecule has 6 heteroatoms. The van der Waals surface area contributed by atoms with E-state index >= 15 is 0 Å². The number of anilines is 1. The van der Waals surface area contributed by atoms with Crippen LogP contribution >= 0.6 is 23.7 Å². The van der Waals surface area contributed by atoms with E-state index in [4.69, 9.17) is 4.98 Å². The van der Waals surface area contributed by atoms with Crippen LogP contribution in [-0.2, 0) is 0 Å². The van der Waals surface area contributed by atoms with Crippen LogP contribution < -0.4 is 5.32 Å². The molecule has 0 aliphatic carbocycles. The van der Waals surface area contributed by atoms with E-state index in [0.29, 0.717) is 0 Å². The summed E-state index contributed by atoms with van der Waals surface area (Å²) in [6.07, 6.45) is 4.08. The number of pyridine rings is 1. The van der Waals surface area contributed by atoms with E-state index in [1.807, 2.05) is 26.2 Å². The fourth-order valence-electron chi connectivity index (χ4n) is 2.00. The molecule has 0 saturated heterocycles. The molecular weight excluding hydrogens is 280 g/mol. The summed E-state index contributed by atoms with van der Waals surface area (Å²) in [4.78, 5) is 10.3. The van der Waals surface area contributed by atoms with Crippen LogP contribution in [0.4, 0.5) is 5.13 Å². The quantitative estimate of drug-likeness (QED) is 0.786. The molecule has 0 amide bonds. The molecule has 0 spiro atoms. The van der Waals surface area contributed by atoms with Crippen LogP contribution in [0, 0.1) is 13.8 Å². The first-order chi connectivity index (χ1) is 8.69. The smallest absolute Gasteiger partial charge is 0.183 e. The number of fused-ring (bicyclic) bond motifs is 1. The summed E-state index contributed by atoms with van der Waals surface area (Å²) in [7, 11) is 1.88. The first kappa shape index (κ1) is 13.8. The van der Waals surface area contributed by atoms with Crippen molar-refractivity contribution in [2.24, 2.45) is 0 Å². The average molecular weight is 295 g/mol. The zero-order valence-corrected chi connectivity index (χ0v) is 12.6. The molecule has 0 bridgehead atoms. The minimum absolute atomic E-state index is 0. The van der Waals surface area contributed by atoms with Crippen LogP contribution in [0.1, 0.15) is 11.3 Å². The van der Waals surface area contributed by atoms with Crippen LogP contribution in [0.25, 0.3) is 16.2 Å². The monoisotopic (exact) mass is 294 g/mol. The van der Waals surface area contributed by atoms with Gasteiger partial charge in [0.1, 0.15) is 11.3 Å². The number of aryl methyl sites for hydroxylation is 2. The number of nitrogens with zero attached hydrogens (tertiary/aromatic N) is 3. The molecule has 3 aromatic rings. The van der Waals surface area contributed by atoms with Gasteiger partial charge >= 0.3 is 0 Å². The van der Waals surface area contributed by atoms with E-state index in [-0.39, 0.29) is 12.4 Å². The van der Waals surface area contributed by atoms with E-state index in [1.54, 1.807) is 11.3 Å². The maximum atomic E-state index is 4.70. The van der Waals surface area contributed by atoms with E-state index in [1.165, 1.54) is 5.56 Å². The number of thiazole rings is 1. The van der Waals surface area contributed by atoms with Crippen molar-refractivity contribution in [3.63, 3.8) is 0 Å². The van der Waals surface area contributed by atoms with Crippen molar-refractivity contribution >= 4 is 34.5 Å². The van der Waals surface area contributed by atoms with Gasteiger partial charge in [0.2, 0.25) is 0 Å². The van der Waals surface area contributed by atoms with Crippen molar-refractivity contribution in [3.8, 4) is 10.6 Å². The molecule has 100 valence electrons. The first-order valence-electron chi connectivity index (χ1n) is 5.79. The SMILES string of the molecule is CNc1nc(C)c(-c2cn3cccc(C)c3n2)s1.Cl. The Morgan fingerprint density at radius 2 is 2.05 bits per heavy atom. The number of hydrogen-bond acceptors (Lipinski definition) is 4. The Kier molecular flexibility index (Phi) is 3.78. The number of hydrogen-bond donors (Lipinski definition) is 1. The summed E-state index contributed by atoms with van der Waals surface area (Å²) < 4.78 is 2.06. The average Bonchev–Trinajstić information content (AvgIpc) is 2.93. The van der Waals surface area contributed by atoms with Crippen LogP contribution in [0.3, 0.4) is 0 Å². The molecule has 0 saturated carbocycles. The van der Waals surface area contributed by atoms with Crippen molar-refractivity contribution in [1.29, 1.82) is 0 Å². The Morgan fingerprint density at radius 1 is 1.26 bits per heavy atom. The third-order valence-electron chi connectivity index (χ3n) is 2.92. The molecule has 3 rings (SSSR count). The Bertz CT molecular complexity index is 717. The van der Waals surface area contributed by atoms with E-state index in [0.717, 1.165) is 27.0 Å². The zero-order valence-electron chi connectivity index (χ0n) is 11.0. The van der Waals surface area contributed by atoms with Gasteiger partial charge in [0.05, 0.1) is 10.6 Å². The summed E-state index contributed by atoms with van der Waals surface area (Å²) in [5.41, 5.74) is 4.19. The largest absolute Gasteiger partial charge is 0.365 e. The minimum Gasteiger partial charge on any atom is -0.365 e. The second kappa shape index (κ2) is 5.19. The molecule has 4 nitrogen and oxygen atoms in total. The Hall–Kier alpha value is -1.59. The van der Waals surface area contributed by atoms with Crippen molar-refractivity contribution in [2.45, 2.75) is 13.8 Å². The van der Waals surface area contributed by atoms with Gasteiger partial charge in [0, 0.05) is 19.4 Å². The second-order valence-corrected chi connectivity index (χ2v) is 5.23. The third kappa shape index (κ3) is 2.31. The van der Waals surface area contributed by atoms with Crippen molar-refractivity contribution in [3.05, 3.63) is 35.8 Å². The van der Waals surface area contributed by atoms with E-state index in [2.05, 4.69) is 33.9 Å². The van der Waals surface area contributed by atoms with Crippen LogP contribution in [0.2, 0.25) is 0 Å². The Morgan fingerprint density at radius 3 is 2.68 bits per heavy atom. The van der Waals surface area contributed by atoms with Gasteiger partial charge in [-0.15, -0.1) is 12.4 Å². The molecule has 3 heterocycles. The van der Waals surface area contributed by atoms with Gasteiger partial charge in [-0.3, -0.25) is 0 Å². The summed E-state index contributed by atoms with van der Waals surface area (Å²) in [5.74, 6) is 0. The molecule has 3 aromatic heterocycles. The molecule has 19 heavy (non-hydrogen) atoms. The lowest BCUT2D eigenvalue weighted by atomic mass is 10.3. The number of halogens is 1. The van der Waals surface area contributed by atoms with Gasteiger partial charge in [-0.1, -0.05) is 17.4 Å². The maximum Gasteiger partial charge on any atom is 0.183 e. The first-order valence-corrected chi connectivity index (χ1v) is 6.60. The normalized spacial score (nSPS) is 10.5. The maximum absolute atomic E-state index is 4.70. The number of rotatable bonds is 2. The lowest BCUT2D eigenvalue weighted by molar-refractivity contribution is 1.16. The fourth-order valence-corrected chi connectivity index (χ4v) is 2.88. The molecule has 0 atom stereocenters. The van der Waals surface area contributed by atoms with Gasteiger partial charge in [-0.25, -0.2) is 9.97 Å². The minimum atomic E-state index is 0. The molecule has 1 N–H and O–H groups in total. The molecule has 0 aromatic carbocycles. The Labute approximate surface area is 121 Å². The standard InChI is InChI=1S/C13H14N4S.ClH/c1-8-5-4-6-17-7-10(16-12(8)17)11-9(2)15-13(14-3)18-11;/h4-7H,1-3H3,(H,14,15);1H. The number of aromatic nitrogens is 3. The third-order valence-corrected chi connectivity index (χ3v) is 4.12. The number of imidazole rings is 1. The molecule has 0 radical (unpaired) electrons. The van der Waals surface area contributed by atoms with Crippen LogP contribution in [0.5, 0.6) is 0 Å². The molecular formula is C13H15ClN4S. The van der Waals surface area contributed by atoms with Gasteiger partial charge in [-0.05, 0) is 25.5 Å². The lowest BCUT2D eigenvalue weighted by Gasteiger charge is -1.93. The Balaban J connectivity index is 0.00000133. The highest BCUT2D eigenvalue weighted by atomic mass is 35.5. The van der Waals surface area contributed by atoms with Crippen LogP contribution in [-0.4, -0.2) is 21.4 Å². The summed E-state index contributed by atoms with van der Waals surface area (Å²) in [6, 6.07) is 4.11. The number of nitrogens with one attached hydrogen (secondary N) is 1. The van der Waals surface area contributed by atoms with Gasteiger partial charge in [0.15, 0.2) is 5.13 Å². The second-order valence-electron chi connectivity index (χ2n) is 4.23. The topological polar surface area (TPSA) is 42.2 Å². The highest BCUT2D eigenvalue weighted by molar-refractivity contribution is 7.19. The van der Waals surface area contributed by atoms with Crippen molar-refractivity contribution in [1.82, 2.24) is 14.4 Å². The molecule has 0 aliphatic rings. The van der Waals surface area contributed by atoms with Gasteiger partial charge < -0.3 is 9.72 Å². The fraction of sp³-hybridized carbons (Fsp3) is 0.231. The van der Waals surface area contributed by atoms with Gasteiger partial charge in [-0.2, -0.15) is 0 Å². The zero-order chi connectivity index (χ0) is 12.7. The predicted octanol–water partition coefficient (Wildman–Crippen LogP) is 3.54.